The highest BCUT2D eigenvalue weighted by Crippen LogP contribution is 2.16. The summed E-state index contributed by atoms with van der Waals surface area (Å²) in [5, 5.41) is 0. The van der Waals surface area contributed by atoms with Crippen LogP contribution in [0.15, 0.2) is 109 Å². The molecule has 0 aromatic heterocycles. The summed E-state index contributed by atoms with van der Waals surface area (Å²) in [4.78, 5) is 38.2. The average molecular weight is 1010 g/mol. The number of esters is 3. The second-order valence-corrected chi connectivity index (χ2v) is 19.9. The van der Waals surface area contributed by atoms with E-state index in [9.17, 15) is 14.4 Å². The monoisotopic (exact) mass is 1010 g/mol. The van der Waals surface area contributed by atoms with Gasteiger partial charge in [-0.3, -0.25) is 14.4 Å². The number of carbonyl (C=O) groups is 3. The Morgan fingerprint density at radius 3 is 0.945 bits per heavy atom. The Hall–Kier alpha value is -3.93. The van der Waals surface area contributed by atoms with Gasteiger partial charge in [0.1, 0.15) is 13.2 Å². The van der Waals surface area contributed by atoms with Gasteiger partial charge in [-0.05, 0) is 96.3 Å². The first-order chi connectivity index (χ1) is 36.0. The summed E-state index contributed by atoms with van der Waals surface area (Å²) < 4.78 is 16.8. The second-order valence-electron chi connectivity index (χ2n) is 19.9. The molecule has 0 rings (SSSR count). The Labute approximate surface area is 450 Å². The van der Waals surface area contributed by atoms with Gasteiger partial charge in [0.05, 0.1) is 0 Å². The van der Waals surface area contributed by atoms with E-state index >= 15 is 0 Å². The van der Waals surface area contributed by atoms with E-state index in [2.05, 4.69) is 124 Å². The standard InChI is InChI=1S/C67H112O6/c1-4-7-10-13-16-19-22-25-28-31-33-36-39-42-45-48-51-54-57-60-66(69)72-63-64(62-71-65(68)59-56-53-50-47-44-41-38-35-30-27-24-21-18-15-12-9-6-3)73-67(70)61-58-55-52-49-46-43-40-37-34-32-29-26-23-20-17-14-11-8-5-2/h7,10,16,18-19,21,25,27-28,30,33,36,38,41-42,45,51,54,64H,4-6,8-9,11-15,17,20,22-24,26,29,31-32,34-35,37,39-40,43-44,46-50,52-53,55-63H2,1-3H3/b10-7-,19-16-,21-18-,28-25-,30-27-,36-33-,41-38-,45-42-,54-51-/t64-/m0/s1. The Balaban J connectivity index is 4.52. The molecule has 0 unspecified atom stereocenters. The van der Waals surface area contributed by atoms with E-state index in [1.807, 2.05) is 6.08 Å². The highest BCUT2D eigenvalue weighted by Gasteiger charge is 2.19. The predicted molar refractivity (Wildman–Crippen MR) is 316 cm³/mol. The van der Waals surface area contributed by atoms with Crippen LogP contribution in [-0.2, 0) is 28.6 Å². The maximum absolute atomic E-state index is 12.9. The van der Waals surface area contributed by atoms with Crippen LogP contribution in [0.3, 0.4) is 0 Å². The van der Waals surface area contributed by atoms with Crippen LogP contribution >= 0.6 is 0 Å². The molecule has 0 saturated heterocycles. The van der Waals surface area contributed by atoms with Crippen LogP contribution < -0.4 is 0 Å². The van der Waals surface area contributed by atoms with E-state index in [1.54, 1.807) is 0 Å². The van der Waals surface area contributed by atoms with Gasteiger partial charge in [0.15, 0.2) is 6.10 Å². The van der Waals surface area contributed by atoms with Crippen molar-refractivity contribution in [1.29, 1.82) is 0 Å². The molecule has 0 heterocycles. The number of ether oxygens (including phenoxy) is 3. The van der Waals surface area contributed by atoms with Crippen molar-refractivity contribution < 1.29 is 28.6 Å². The number of carbonyl (C=O) groups excluding carboxylic acids is 3. The minimum Gasteiger partial charge on any atom is -0.462 e. The minimum absolute atomic E-state index is 0.112. The summed E-state index contributed by atoms with van der Waals surface area (Å²) in [6.45, 7) is 6.43. The molecular formula is C67H112O6. The maximum atomic E-state index is 12.9. The molecule has 0 saturated carbocycles. The van der Waals surface area contributed by atoms with E-state index in [1.165, 1.54) is 128 Å². The van der Waals surface area contributed by atoms with Crippen LogP contribution in [-0.4, -0.2) is 37.2 Å². The van der Waals surface area contributed by atoms with Crippen molar-refractivity contribution in [3.05, 3.63) is 109 Å². The lowest BCUT2D eigenvalue weighted by Crippen LogP contribution is -2.30. The quantitative estimate of drug-likeness (QED) is 0.0261. The third-order valence-electron chi connectivity index (χ3n) is 12.8. The van der Waals surface area contributed by atoms with Crippen molar-refractivity contribution >= 4 is 17.9 Å². The molecular weight excluding hydrogens is 901 g/mol. The molecule has 0 aromatic rings. The van der Waals surface area contributed by atoms with Crippen LogP contribution in [0.2, 0.25) is 0 Å². The summed E-state index contributed by atoms with van der Waals surface area (Å²) in [5.41, 5.74) is 0. The zero-order valence-corrected chi connectivity index (χ0v) is 47.6. The Kier molecular flexibility index (Phi) is 57.4. The fourth-order valence-corrected chi connectivity index (χ4v) is 8.24. The van der Waals surface area contributed by atoms with Crippen LogP contribution in [0.5, 0.6) is 0 Å². The summed E-state index contributed by atoms with van der Waals surface area (Å²) in [7, 11) is 0. The largest absolute Gasteiger partial charge is 0.462 e. The van der Waals surface area contributed by atoms with Gasteiger partial charge in [0.2, 0.25) is 0 Å². The molecule has 1 atom stereocenters. The van der Waals surface area contributed by atoms with Crippen molar-refractivity contribution in [2.24, 2.45) is 0 Å². The van der Waals surface area contributed by atoms with Gasteiger partial charge in [-0.15, -0.1) is 0 Å². The maximum Gasteiger partial charge on any atom is 0.306 e. The molecule has 0 aliphatic heterocycles. The molecule has 0 fully saturated rings. The number of hydrogen-bond donors (Lipinski definition) is 0. The van der Waals surface area contributed by atoms with E-state index < -0.39 is 6.10 Å². The lowest BCUT2D eigenvalue weighted by Gasteiger charge is -2.18. The normalized spacial score (nSPS) is 12.9. The highest BCUT2D eigenvalue weighted by molar-refractivity contribution is 5.71. The third kappa shape index (κ3) is 58.8. The van der Waals surface area contributed by atoms with E-state index in [0.717, 1.165) is 103 Å². The molecule has 416 valence electrons. The summed E-state index contributed by atoms with van der Waals surface area (Å²) in [5.74, 6) is -1.01. The molecule has 0 N–H and O–H groups in total. The first-order valence-electron chi connectivity index (χ1n) is 30.4. The van der Waals surface area contributed by atoms with Gasteiger partial charge < -0.3 is 14.2 Å². The van der Waals surface area contributed by atoms with Gasteiger partial charge in [0.25, 0.3) is 0 Å². The predicted octanol–water partition coefficient (Wildman–Crippen LogP) is 20.7. The molecule has 0 aliphatic rings. The molecule has 6 nitrogen and oxygen atoms in total. The lowest BCUT2D eigenvalue weighted by atomic mass is 10.0. The molecule has 0 amide bonds. The van der Waals surface area contributed by atoms with Crippen molar-refractivity contribution in [2.75, 3.05) is 13.2 Å². The van der Waals surface area contributed by atoms with Gasteiger partial charge in [-0.25, -0.2) is 0 Å². The van der Waals surface area contributed by atoms with E-state index in [-0.39, 0.29) is 37.5 Å². The third-order valence-corrected chi connectivity index (χ3v) is 12.8. The molecule has 0 radical (unpaired) electrons. The number of unbranched alkanes of at least 4 members (excludes halogenated alkanes) is 25. The van der Waals surface area contributed by atoms with Gasteiger partial charge in [0, 0.05) is 19.3 Å². The lowest BCUT2D eigenvalue weighted by molar-refractivity contribution is -0.166. The van der Waals surface area contributed by atoms with Crippen LogP contribution in [0.1, 0.15) is 278 Å². The second kappa shape index (κ2) is 60.6. The SMILES string of the molecule is CC/C=C\C/C=C\C/C=C\C/C=C\C/C=C\C/C=C\CCC(=O)OC[C@H](COC(=O)CCCCCC/C=C\C/C=C\C/C=C\CCCCC)OC(=O)CCCCCCCCCCCCCCCCCCCCC. The topological polar surface area (TPSA) is 78.9 Å². The first kappa shape index (κ1) is 69.1. The number of allylic oxidation sites excluding steroid dienone is 18. The summed E-state index contributed by atoms with van der Waals surface area (Å²) in [6, 6.07) is 0. The van der Waals surface area contributed by atoms with Crippen molar-refractivity contribution in [2.45, 2.75) is 284 Å². The number of hydrogen-bond acceptors (Lipinski definition) is 6. The van der Waals surface area contributed by atoms with Crippen LogP contribution in [0.25, 0.3) is 0 Å². The fraction of sp³-hybridized carbons (Fsp3) is 0.687. The van der Waals surface area contributed by atoms with Gasteiger partial charge in [-0.2, -0.15) is 0 Å². The molecule has 6 heteroatoms. The van der Waals surface area contributed by atoms with Gasteiger partial charge >= 0.3 is 17.9 Å². The number of rotatable bonds is 54. The molecule has 0 aromatic carbocycles. The zero-order valence-electron chi connectivity index (χ0n) is 47.6. The van der Waals surface area contributed by atoms with Crippen LogP contribution in [0, 0.1) is 0 Å². The van der Waals surface area contributed by atoms with Crippen molar-refractivity contribution in [3.63, 3.8) is 0 Å². The minimum atomic E-state index is -0.819. The average Bonchev–Trinajstić information content (AvgIpc) is 3.39. The first-order valence-corrected chi connectivity index (χ1v) is 30.4. The molecule has 0 spiro atoms. The Morgan fingerprint density at radius 2 is 0.562 bits per heavy atom. The fourth-order valence-electron chi connectivity index (χ4n) is 8.24. The highest BCUT2D eigenvalue weighted by atomic mass is 16.6. The van der Waals surface area contributed by atoms with E-state index in [0.29, 0.717) is 19.3 Å². The van der Waals surface area contributed by atoms with Crippen molar-refractivity contribution in [1.82, 2.24) is 0 Å². The smallest absolute Gasteiger partial charge is 0.306 e. The van der Waals surface area contributed by atoms with E-state index in [4.69, 9.17) is 14.2 Å². The summed E-state index contributed by atoms with van der Waals surface area (Å²) >= 11 is 0. The van der Waals surface area contributed by atoms with Crippen molar-refractivity contribution in [3.8, 4) is 0 Å². The zero-order chi connectivity index (χ0) is 52.9. The molecule has 0 bridgehead atoms. The van der Waals surface area contributed by atoms with Crippen LogP contribution in [0.4, 0.5) is 0 Å². The molecule has 0 aliphatic carbocycles. The Morgan fingerprint density at radius 1 is 0.288 bits per heavy atom. The summed E-state index contributed by atoms with van der Waals surface area (Å²) in [6.07, 6.45) is 82.4. The molecule has 73 heavy (non-hydrogen) atoms. The van der Waals surface area contributed by atoms with Gasteiger partial charge in [-0.1, -0.05) is 271 Å². The Bertz CT molecular complexity index is 1490.